The molecule has 2 saturated heterocycles. The minimum atomic E-state index is -0.394. The Balaban J connectivity index is 1.64. The lowest BCUT2D eigenvalue weighted by molar-refractivity contribution is -0.137. The number of thioether (sulfide) groups is 1. The number of likely N-dealkylation sites (N-methyl/N-ethyl adjacent to an activating group) is 1. The summed E-state index contributed by atoms with van der Waals surface area (Å²) in [4.78, 5) is 42.7. The Bertz CT molecular complexity index is 727. The first kappa shape index (κ1) is 18.7. The fourth-order valence-electron chi connectivity index (χ4n) is 3.17. The van der Waals surface area contributed by atoms with E-state index in [2.05, 4.69) is 11.9 Å². The predicted octanol–water partition coefficient (Wildman–Crippen LogP) is 2.28. The van der Waals surface area contributed by atoms with Crippen molar-refractivity contribution in [1.82, 2.24) is 14.7 Å². The van der Waals surface area contributed by atoms with Crippen LogP contribution in [0.15, 0.2) is 35.2 Å². The molecular formula is C19H23N3O3S. The molecule has 0 aromatic heterocycles. The van der Waals surface area contributed by atoms with Crippen LogP contribution < -0.4 is 0 Å². The SMILES string of the molecule is CN1CCC(N(C)C(=O)CN2C(=O)S/C(=C/c3ccccc3)C2=O)CC1. The zero-order valence-corrected chi connectivity index (χ0v) is 15.9. The second-order valence-corrected chi connectivity index (χ2v) is 7.71. The number of carbonyl (C=O) groups excluding carboxylic acids is 3. The molecule has 3 rings (SSSR count). The van der Waals surface area contributed by atoms with Crippen LogP contribution in [0.5, 0.6) is 0 Å². The monoisotopic (exact) mass is 373 g/mol. The van der Waals surface area contributed by atoms with E-state index in [1.807, 2.05) is 30.3 Å². The molecule has 0 unspecified atom stereocenters. The number of imide groups is 1. The van der Waals surface area contributed by atoms with E-state index in [0.29, 0.717) is 4.91 Å². The van der Waals surface area contributed by atoms with Gasteiger partial charge in [0, 0.05) is 13.1 Å². The molecule has 0 radical (unpaired) electrons. The van der Waals surface area contributed by atoms with Crippen molar-refractivity contribution in [3.05, 3.63) is 40.8 Å². The maximum Gasteiger partial charge on any atom is 0.294 e. The van der Waals surface area contributed by atoms with Crippen LogP contribution in [-0.2, 0) is 9.59 Å². The maximum absolute atomic E-state index is 12.6. The molecular weight excluding hydrogens is 350 g/mol. The van der Waals surface area contributed by atoms with Crippen molar-refractivity contribution in [2.24, 2.45) is 0 Å². The summed E-state index contributed by atoms with van der Waals surface area (Å²) >= 11 is 0.887. The first-order chi connectivity index (χ1) is 12.5. The molecule has 2 aliphatic rings. The number of likely N-dealkylation sites (tertiary alicyclic amines) is 1. The normalized spacial score (nSPS) is 20.8. The van der Waals surface area contributed by atoms with E-state index in [0.717, 1.165) is 48.2 Å². The van der Waals surface area contributed by atoms with Gasteiger partial charge in [-0.05, 0) is 56.4 Å². The largest absolute Gasteiger partial charge is 0.341 e. The molecule has 138 valence electrons. The highest BCUT2D eigenvalue weighted by Gasteiger charge is 2.37. The maximum atomic E-state index is 12.6. The first-order valence-corrected chi connectivity index (χ1v) is 9.52. The number of nitrogens with zero attached hydrogens (tertiary/aromatic N) is 3. The Morgan fingerprint density at radius 2 is 1.88 bits per heavy atom. The van der Waals surface area contributed by atoms with Crippen molar-refractivity contribution in [2.45, 2.75) is 18.9 Å². The van der Waals surface area contributed by atoms with Gasteiger partial charge in [0.15, 0.2) is 0 Å². The second-order valence-electron chi connectivity index (χ2n) is 6.72. The average molecular weight is 373 g/mol. The highest BCUT2D eigenvalue weighted by Crippen LogP contribution is 2.32. The third-order valence-electron chi connectivity index (χ3n) is 4.89. The van der Waals surface area contributed by atoms with Gasteiger partial charge >= 0.3 is 0 Å². The lowest BCUT2D eigenvalue weighted by atomic mass is 10.0. The molecule has 3 amide bonds. The summed E-state index contributed by atoms with van der Waals surface area (Å²) in [6.07, 6.45) is 3.51. The highest BCUT2D eigenvalue weighted by atomic mass is 32.2. The van der Waals surface area contributed by atoms with Gasteiger partial charge in [-0.1, -0.05) is 30.3 Å². The molecule has 0 aliphatic carbocycles. The topological polar surface area (TPSA) is 60.9 Å². The van der Waals surface area contributed by atoms with Crippen LogP contribution in [0, 0.1) is 0 Å². The van der Waals surface area contributed by atoms with E-state index < -0.39 is 5.91 Å². The minimum Gasteiger partial charge on any atom is -0.341 e. The lowest BCUT2D eigenvalue weighted by Gasteiger charge is -2.35. The van der Waals surface area contributed by atoms with Gasteiger partial charge in [0.1, 0.15) is 6.54 Å². The first-order valence-electron chi connectivity index (χ1n) is 8.70. The molecule has 0 atom stereocenters. The molecule has 2 heterocycles. The molecule has 0 spiro atoms. The van der Waals surface area contributed by atoms with Crippen molar-refractivity contribution in [3.63, 3.8) is 0 Å². The van der Waals surface area contributed by atoms with E-state index >= 15 is 0 Å². The third kappa shape index (κ3) is 4.16. The van der Waals surface area contributed by atoms with E-state index in [-0.39, 0.29) is 23.7 Å². The fraction of sp³-hybridized carbons (Fsp3) is 0.421. The van der Waals surface area contributed by atoms with Gasteiger partial charge in [0.05, 0.1) is 4.91 Å². The lowest BCUT2D eigenvalue weighted by Crippen LogP contribution is -2.48. The number of piperidine rings is 1. The van der Waals surface area contributed by atoms with Crippen LogP contribution in [0.4, 0.5) is 4.79 Å². The van der Waals surface area contributed by atoms with Crippen LogP contribution in [0.3, 0.4) is 0 Å². The van der Waals surface area contributed by atoms with Gasteiger partial charge in [-0.3, -0.25) is 19.3 Å². The van der Waals surface area contributed by atoms with Crippen LogP contribution in [0.1, 0.15) is 18.4 Å². The molecule has 7 heteroatoms. The van der Waals surface area contributed by atoms with Gasteiger partial charge in [-0.2, -0.15) is 0 Å². The van der Waals surface area contributed by atoms with Crippen molar-refractivity contribution < 1.29 is 14.4 Å². The average Bonchev–Trinajstić information content (AvgIpc) is 2.90. The number of benzene rings is 1. The summed E-state index contributed by atoms with van der Waals surface area (Å²) in [7, 11) is 3.83. The van der Waals surface area contributed by atoms with Crippen LogP contribution in [0.25, 0.3) is 6.08 Å². The molecule has 6 nitrogen and oxygen atoms in total. The van der Waals surface area contributed by atoms with Crippen LogP contribution in [-0.4, -0.2) is 71.5 Å². The third-order valence-corrected chi connectivity index (χ3v) is 5.80. The van der Waals surface area contributed by atoms with Crippen molar-refractivity contribution in [2.75, 3.05) is 33.7 Å². The minimum absolute atomic E-state index is 0.165. The molecule has 1 aromatic rings. The summed E-state index contributed by atoms with van der Waals surface area (Å²) in [5.74, 6) is -0.586. The van der Waals surface area contributed by atoms with E-state index in [1.165, 1.54) is 0 Å². The Morgan fingerprint density at radius 1 is 1.23 bits per heavy atom. The Hall–Kier alpha value is -2.12. The van der Waals surface area contributed by atoms with E-state index in [4.69, 9.17) is 0 Å². The number of hydrogen-bond acceptors (Lipinski definition) is 5. The van der Waals surface area contributed by atoms with E-state index in [1.54, 1.807) is 18.0 Å². The zero-order chi connectivity index (χ0) is 18.7. The summed E-state index contributed by atoms with van der Waals surface area (Å²) < 4.78 is 0. The van der Waals surface area contributed by atoms with Gasteiger partial charge < -0.3 is 9.80 Å². The van der Waals surface area contributed by atoms with Gasteiger partial charge in [-0.25, -0.2) is 0 Å². The Kier molecular flexibility index (Phi) is 5.78. The molecule has 0 N–H and O–H groups in total. The van der Waals surface area contributed by atoms with Crippen molar-refractivity contribution in [1.29, 1.82) is 0 Å². The smallest absolute Gasteiger partial charge is 0.294 e. The molecule has 0 saturated carbocycles. The van der Waals surface area contributed by atoms with Gasteiger partial charge in [0.2, 0.25) is 5.91 Å². The van der Waals surface area contributed by atoms with Crippen molar-refractivity contribution >= 4 is 34.9 Å². The Morgan fingerprint density at radius 3 is 2.54 bits per heavy atom. The summed E-state index contributed by atoms with van der Waals surface area (Å²) in [6, 6.07) is 9.53. The number of amides is 3. The summed E-state index contributed by atoms with van der Waals surface area (Å²) in [6.45, 7) is 1.70. The second kappa shape index (κ2) is 8.05. The van der Waals surface area contributed by atoms with E-state index in [9.17, 15) is 14.4 Å². The number of carbonyl (C=O) groups is 3. The molecule has 2 fully saturated rings. The standard InChI is InChI=1S/C19H23N3O3S/c1-20-10-8-15(9-11-20)21(2)17(23)13-22-18(24)16(26-19(22)25)12-14-6-4-3-5-7-14/h3-7,12,15H,8-11,13H2,1-2H3/b16-12+. The van der Waals surface area contributed by atoms with Gasteiger partial charge in [0.25, 0.3) is 11.1 Å². The summed E-state index contributed by atoms with van der Waals surface area (Å²) in [5, 5.41) is -0.387. The molecule has 26 heavy (non-hydrogen) atoms. The highest BCUT2D eigenvalue weighted by molar-refractivity contribution is 8.18. The van der Waals surface area contributed by atoms with Crippen LogP contribution >= 0.6 is 11.8 Å². The number of hydrogen-bond donors (Lipinski definition) is 0. The number of rotatable bonds is 4. The zero-order valence-electron chi connectivity index (χ0n) is 15.1. The van der Waals surface area contributed by atoms with Gasteiger partial charge in [-0.15, -0.1) is 0 Å². The van der Waals surface area contributed by atoms with Crippen LogP contribution in [0.2, 0.25) is 0 Å². The predicted molar refractivity (Wildman–Crippen MR) is 102 cm³/mol. The molecule has 0 bridgehead atoms. The quantitative estimate of drug-likeness (QED) is 0.758. The van der Waals surface area contributed by atoms with Crippen molar-refractivity contribution in [3.8, 4) is 0 Å². The summed E-state index contributed by atoms with van der Waals surface area (Å²) in [5.41, 5.74) is 0.854. The fourth-order valence-corrected chi connectivity index (χ4v) is 4.01. The molecule has 1 aromatic carbocycles. The molecule has 2 aliphatic heterocycles. The Labute approximate surface area is 157 Å².